The van der Waals surface area contributed by atoms with E-state index in [4.69, 9.17) is 30.7 Å². The first-order chi connectivity index (χ1) is 65.2. The van der Waals surface area contributed by atoms with Crippen LogP contribution in [0.1, 0.15) is 96.3 Å². The summed E-state index contributed by atoms with van der Waals surface area (Å²) in [6.45, 7) is 17.9. The summed E-state index contributed by atoms with van der Waals surface area (Å²) >= 11 is 0. The Hall–Kier alpha value is -15.0. The number of aryl methyl sites for hydroxylation is 8. The third kappa shape index (κ3) is 30.0. The van der Waals surface area contributed by atoms with Crippen LogP contribution in [0.4, 0.5) is 41.9 Å². The molecule has 4 heterocycles. The van der Waals surface area contributed by atoms with Crippen molar-refractivity contribution in [3.63, 3.8) is 0 Å². The third-order valence-corrected chi connectivity index (χ3v) is 25.2. The van der Waals surface area contributed by atoms with Crippen molar-refractivity contribution in [3.05, 3.63) is 360 Å². The maximum absolute atomic E-state index is 12.3. The molecular weight excluding hydrogens is 1810 g/mol. The average Bonchev–Trinajstić information content (AvgIpc) is 1.71. The minimum absolute atomic E-state index is 0.0462. The van der Waals surface area contributed by atoms with Gasteiger partial charge in [0.2, 0.25) is 30.1 Å². The Kier molecular flexibility index (Phi) is 33.8. The van der Waals surface area contributed by atoms with Crippen molar-refractivity contribution in [1.82, 2.24) is 60.4 Å². The van der Waals surface area contributed by atoms with Gasteiger partial charge in [-0.2, -0.15) is 20.4 Å². The third-order valence-electron chi connectivity index (χ3n) is 21.3. The molecule has 4 aromatic heterocycles. The number of aromatic nitrogens is 8. The minimum atomic E-state index is -3.78. The van der Waals surface area contributed by atoms with Gasteiger partial charge in [0.25, 0.3) is 0 Å². The van der Waals surface area contributed by atoms with Crippen LogP contribution in [-0.2, 0) is 71.1 Å². The summed E-state index contributed by atoms with van der Waals surface area (Å²) in [5.74, 6) is 0. The quantitative estimate of drug-likeness (QED) is 0.0194. The lowest BCUT2D eigenvalue weighted by atomic mass is 9.91. The first-order valence-corrected chi connectivity index (χ1v) is 50.4. The van der Waals surface area contributed by atoms with Crippen molar-refractivity contribution in [2.75, 3.05) is 47.2 Å². The lowest BCUT2D eigenvalue weighted by Crippen LogP contribution is -2.29. The largest absolute Gasteiger partial charge is 0.338 e. The van der Waals surface area contributed by atoms with Gasteiger partial charge >= 0.3 is 24.1 Å². The van der Waals surface area contributed by atoms with E-state index in [1.165, 1.54) is 42.7 Å². The van der Waals surface area contributed by atoms with Gasteiger partial charge in [0, 0.05) is 76.4 Å². The number of amides is 8. The fourth-order valence-electron chi connectivity index (χ4n) is 14.2. The number of carbonyl (C=O) groups is 4. The van der Waals surface area contributed by atoms with Crippen LogP contribution in [0, 0.1) is 34.6 Å². The van der Waals surface area contributed by atoms with Crippen LogP contribution in [0.25, 0.3) is 56.5 Å². The summed E-state index contributed by atoms with van der Waals surface area (Å²) in [6.07, 6.45) is 5.28. The highest BCUT2D eigenvalue weighted by molar-refractivity contribution is 7.90. The van der Waals surface area contributed by atoms with E-state index in [0.29, 0.717) is 63.9 Å². The number of anilines is 4. The van der Waals surface area contributed by atoms with Gasteiger partial charge < -0.3 is 42.5 Å². The maximum Gasteiger partial charge on any atom is 0.319 e. The Balaban J connectivity index is 0.000000164. The second kappa shape index (κ2) is 45.8. The van der Waals surface area contributed by atoms with Gasteiger partial charge in [0.05, 0.1) is 88.7 Å². The monoisotopic (exact) mass is 1920 g/mol. The molecule has 0 spiro atoms. The molecule has 11 aromatic carbocycles. The molecule has 35 heteroatoms. The van der Waals surface area contributed by atoms with Crippen LogP contribution in [0.2, 0.25) is 0 Å². The fourth-order valence-corrected chi connectivity index (χ4v) is 16.4. The number of nitrogens with one attached hydrogen (secondary N) is 8. The summed E-state index contributed by atoms with van der Waals surface area (Å²) in [6, 6.07) is 90.7. The molecule has 0 radical (unpaired) electrons. The van der Waals surface area contributed by atoms with Gasteiger partial charge in [-0.3, -0.25) is 0 Å². The number of hydrogen-bond acceptors (Lipinski definition) is 16. The number of primary sulfonamides is 3. The number of sulfone groups is 1. The Morgan fingerprint density at radius 2 is 0.591 bits per heavy atom. The molecule has 15 rings (SSSR count). The lowest BCUT2D eigenvalue weighted by molar-refractivity contribution is 0.251. The number of benzene rings is 11. The maximum atomic E-state index is 12.3. The summed E-state index contributed by atoms with van der Waals surface area (Å²) in [4.78, 5) is 49.2. The van der Waals surface area contributed by atoms with Gasteiger partial charge in [-0.1, -0.05) is 171 Å². The smallest absolute Gasteiger partial charge is 0.319 e. The number of carbonyl (C=O) groups excluding carboxylic acids is 4. The molecule has 0 aliphatic heterocycles. The first-order valence-electron chi connectivity index (χ1n) is 43.9. The molecule has 8 amide bonds. The van der Waals surface area contributed by atoms with E-state index in [1.54, 1.807) is 79.4 Å². The van der Waals surface area contributed by atoms with Crippen molar-refractivity contribution in [3.8, 4) is 56.5 Å². The van der Waals surface area contributed by atoms with E-state index in [9.17, 15) is 52.8 Å². The van der Waals surface area contributed by atoms with E-state index in [2.05, 4.69) is 68.4 Å². The van der Waals surface area contributed by atoms with Crippen molar-refractivity contribution in [2.45, 2.75) is 125 Å². The molecule has 14 N–H and O–H groups in total. The van der Waals surface area contributed by atoms with E-state index < -0.39 is 39.9 Å². The van der Waals surface area contributed by atoms with E-state index in [0.717, 1.165) is 130 Å². The molecule has 31 nitrogen and oxygen atoms in total. The zero-order valence-electron chi connectivity index (χ0n) is 77.3. The van der Waals surface area contributed by atoms with Crippen molar-refractivity contribution in [2.24, 2.45) is 15.4 Å². The Morgan fingerprint density at radius 3 is 0.905 bits per heavy atom. The van der Waals surface area contributed by atoms with Crippen LogP contribution in [0.15, 0.2) is 323 Å². The Bertz CT molecular complexity index is 6940. The van der Waals surface area contributed by atoms with Gasteiger partial charge in [0.15, 0.2) is 9.84 Å². The summed E-state index contributed by atoms with van der Waals surface area (Å²) < 4.78 is 100. The second-order valence-corrected chi connectivity index (χ2v) is 40.4. The normalized spacial score (nSPS) is 11.4. The lowest BCUT2D eigenvalue weighted by Gasteiger charge is -2.20. The molecule has 137 heavy (non-hydrogen) atoms. The number of nitrogens with two attached hydrogens (primary N) is 3. The summed E-state index contributed by atoms with van der Waals surface area (Å²) in [5, 5.41) is 57.3. The Morgan fingerprint density at radius 1 is 0.299 bits per heavy atom. The highest BCUT2D eigenvalue weighted by Gasteiger charge is 2.25. The molecule has 0 unspecified atom stereocenters. The van der Waals surface area contributed by atoms with Crippen LogP contribution in [0.5, 0.6) is 0 Å². The van der Waals surface area contributed by atoms with Crippen molar-refractivity contribution in [1.29, 1.82) is 0 Å². The molecule has 0 aliphatic carbocycles. The molecule has 710 valence electrons. The molecule has 0 fully saturated rings. The van der Waals surface area contributed by atoms with E-state index in [1.807, 2.05) is 241 Å². The molecule has 0 saturated heterocycles. The van der Waals surface area contributed by atoms with Crippen molar-refractivity contribution < 1.29 is 52.8 Å². The predicted octanol–water partition coefficient (Wildman–Crippen LogP) is 17.3. The first kappa shape index (κ1) is 101. The van der Waals surface area contributed by atoms with Gasteiger partial charge in [0.1, 0.15) is 0 Å². The number of sulfonamides is 3. The fraction of sp³-hybridized carbons (Fsp3) is 0.196. The number of rotatable bonds is 29. The van der Waals surface area contributed by atoms with Crippen LogP contribution < -0.4 is 58.0 Å². The summed E-state index contributed by atoms with van der Waals surface area (Å²) in [7, 11) is -14.6. The van der Waals surface area contributed by atoms with E-state index in [-0.39, 0.29) is 55.7 Å². The van der Waals surface area contributed by atoms with Crippen LogP contribution >= 0.6 is 0 Å². The highest BCUT2D eigenvalue weighted by Crippen LogP contribution is 2.32. The zero-order valence-corrected chi connectivity index (χ0v) is 80.5. The number of urea groups is 4. The topological polar surface area (TPSA) is 450 Å². The molecule has 15 aromatic rings. The van der Waals surface area contributed by atoms with Gasteiger partial charge in [-0.05, 0) is 254 Å². The van der Waals surface area contributed by atoms with Gasteiger partial charge in [-0.25, -0.2) is 87.0 Å². The number of hydrogen-bond donors (Lipinski definition) is 11. The molecule has 0 saturated carbocycles. The molecular formula is C102H111N19O12S4. The zero-order chi connectivity index (χ0) is 98.2. The van der Waals surface area contributed by atoms with Crippen LogP contribution in [-0.4, -0.2) is 123 Å². The number of nitrogens with zero attached hydrogens (tertiary/aromatic N) is 8. The van der Waals surface area contributed by atoms with Crippen LogP contribution in [0.3, 0.4) is 0 Å². The molecule has 0 aliphatic rings. The van der Waals surface area contributed by atoms with Gasteiger partial charge in [-0.15, -0.1) is 0 Å². The molecule has 0 atom stereocenters. The van der Waals surface area contributed by atoms with E-state index >= 15 is 0 Å². The molecule has 0 bridgehead atoms. The predicted molar refractivity (Wildman–Crippen MR) is 538 cm³/mol. The standard InChI is InChI=1S/C27H29N5O3S.2C26H27N5O3S.C23H28N4O3S/c1-19-8-10-21(11-9-19)26-18-23(31-32(26)24-12-14-25(15-13-24)36(28,34)35)7-4-16-29-27(33)30-22-6-3-5-20(2)17-22;2*1-19-9-11-21(12-10-19)29-26(32)28-17-5-8-22-18-25(20-6-3-2-4-7-20)31(30-22)23-13-15-24(16-14-23)35(27,33)34;1-16-7-6-8-17(13-16)25-22(28)24-15-18-14-21(23(2,3)4)27(26-18)19-9-11-20(12-10-19)31(5,29)30/h3,5-6,8-15,17-18H,4,7,16H2,1-2H3,(H2,28,34,35)(H2,29,30,33);2*2-4,6-7,9-16,18H,5,8,17H2,1H3,(H2,27,33,34)(H2,28,29,32);6-14H,15H2,1-5H3,(H2,24,25,28). The SMILES string of the molecule is Cc1ccc(-c2cc(CCCNC(=O)Nc3cccc(C)c3)nn2-c2ccc(S(N)(=O)=O)cc2)cc1.Cc1ccc(NC(=O)NCCCc2cc(-c3ccccc3)n(-c3ccc(S(N)(=O)=O)cc3)n2)cc1.Cc1ccc(NC(=O)NCCCc2cc(-c3ccccc3)n(-c3ccc(S(N)(=O)=O)cc3)n2)cc1.Cc1cccc(NC(=O)NCc2cc(C(C)(C)C)n(-c3ccc(S(C)(=O)=O)cc3)n2)c1. The second-order valence-electron chi connectivity index (χ2n) is 33.7. The summed E-state index contributed by atoms with van der Waals surface area (Å²) in [5.41, 5.74) is 21.1. The average molecular weight is 1920 g/mol. The highest BCUT2D eigenvalue weighted by atomic mass is 32.2. The van der Waals surface area contributed by atoms with Crippen molar-refractivity contribution >= 4 is 86.8 Å². The Labute approximate surface area is 798 Å². The minimum Gasteiger partial charge on any atom is -0.338 e.